The molecule has 0 aliphatic rings. The molecule has 0 N–H and O–H groups in total. The van der Waals surface area contributed by atoms with Crippen molar-refractivity contribution in [1.82, 2.24) is 27.4 Å². The molecule has 0 aliphatic heterocycles. The van der Waals surface area contributed by atoms with Crippen molar-refractivity contribution in [2.45, 2.75) is 0 Å². The first-order chi connectivity index (χ1) is 46.6. The Bertz CT molecular complexity index is 5810. The highest BCUT2D eigenvalue weighted by molar-refractivity contribution is 6.16. The SMILES string of the molecule is [C-]#[N+]c1ccc(-n2c3cc(-n4c5ccccc5c5ccccc54)ccc3c3ccc(-n4c5ccccc5c5ccccc54)cc32)cc1-c1cc(-n2c3cc(-n4c5ccccc5c5ccccc54)ccc3c3ccc(-n4c5ccccc5c5ccccc54)cc32)ccc1C#N. The third-order valence-corrected chi connectivity index (χ3v) is 19.9. The fourth-order valence-corrected chi connectivity index (χ4v) is 15.9. The molecule has 0 bridgehead atoms. The maximum Gasteiger partial charge on any atom is 0.195 e. The summed E-state index contributed by atoms with van der Waals surface area (Å²) < 4.78 is 14.2. The number of fused-ring (bicyclic) bond motifs is 18. The Morgan fingerprint density at radius 1 is 0.223 bits per heavy atom. The standard InChI is InChI=1S/C86H50N8/c1-88-74-45-40-55(94-85-50-58(91-79-30-14-6-22-64(79)65-23-7-15-31-80(65)91)38-43-70(85)71-44-39-59(51-86(71)94)92-81-32-16-8-24-66(81)67-25-9-17-33-82(67)92)47-73(74)72-46-54(35-34-53(72)52-87)93-83-48-56(89-75-26-10-2-18-60(75)61-19-3-11-27-76(61)89)36-41-68(83)69-42-37-57(49-84(69)93)90-77-28-12-4-20-62(77)63-21-5-13-29-78(63)90/h2-51H. The predicted octanol–water partition coefficient (Wildman–Crippen LogP) is 22.4. The van der Waals surface area contributed by atoms with Gasteiger partial charge in [0.25, 0.3) is 0 Å². The van der Waals surface area contributed by atoms with Gasteiger partial charge < -0.3 is 27.4 Å². The molecule has 20 rings (SSSR count). The zero-order valence-electron chi connectivity index (χ0n) is 50.4. The van der Waals surface area contributed by atoms with Gasteiger partial charge in [-0.05, 0) is 139 Å². The van der Waals surface area contributed by atoms with Gasteiger partial charge in [-0.1, -0.05) is 176 Å². The number of hydrogen-bond donors (Lipinski definition) is 0. The van der Waals surface area contributed by atoms with E-state index in [0.29, 0.717) is 22.4 Å². The van der Waals surface area contributed by atoms with E-state index < -0.39 is 0 Å². The number of nitrogens with zero attached hydrogens (tertiary/aromatic N) is 8. The average Bonchev–Trinajstić information content (AvgIpc) is 1.60. The Balaban J connectivity index is 0.840. The van der Waals surface area contributed by atoms with Crippen molar-refractivity contribution in [2.75, 3.05) is 0 Å². The molecule has 14 aromatic carbocycles. The number of benzene rings is 14. The second kappa shape index (κ2) is 19.7. The average molecular weight is 1200 g/mol. The van der Waals surface area contributed by atoms with Crippen molar-refractivity contribution >= 4 is 137 Å². The van der Waals surface area contributed by atoms with Crippen LogP contribution in [0.4, 0.5) is 5.69 Å². The van der Waals surface area contributed by atoms with Crippen molar-refractivity contribution in [1.29, 1.82) is 5.26 Å². The van der Waals surface area contributed by atoms with Crippen LogP contribution in [-0.4, -0.2) is 27.4 Å². The van der Waals surface area contributed by atoms with Gasteiger partial charge in [-0.2, -0.15) is 5.26 Å². The van der Waals surface area contributed by atoms with Crippen LogP contribution in [0, 0.1) is 17.9 Å². The molecule has 20 aromatic rings. The summed E-state index contributed by atoms with van der Waals surface area (Å²) in [6, 6.07) is 111. The van der Waals surface area contributed by atoms with Crippen molar-refractivity contribution in [3.05, 3.63) is 320 Å². The van der Waals surface area contributed by atoms with E-state index in [-0.39, 0.29) is 0 Å². The monoisotopic (exact) mass is 1190 g/mol. The van der Waals surface area contributed by atoms with Crippen molar-refractivity contribution in [3.63, 3.8) is 0 Å². The van der Waals surface area contributed by atoms with Gasteiger partial charge in [0.05, 0.1) is 84.4 Å². The summed E-state index contributed by atoms with van der Waals surface area (Å²) in [7, 11) is 0. The lowest BCUT2D eigenvalue weighted by atomic mass is 9.97. The largest absolute Gasteiger partial charge is 0.309 e. The van der Waals surface area contributed by atoms with Gasteiger partial charge in [-0.15, -0.1) is 0 Å². The fourth-order valence-electron chi connectivity index (χ4n) is 15.9. The summed E-state index contributed by atoms with van der Waals surface area (Å²) in [5.41, 5.74) is 21.1. The van der Waals surface area contributed by atoms with E-state index in [0.717, 1.165) is 122 Å². The van der Waals surface area contributed by atoms with Crippen LogP contribution in [0.1, 0.15) is 5.56 Å². The molecule has 0 fully saturated rings. The highest BCUT2D eigenvalue weighted by Crippen LogP contribution is 2.45. The van der Waals surface area contributed by atoms with E-state index >= 15 is 0 Å². The van der Waals surface area contributed by atoms with Crippen LogP contribution in [0.15, 0.2) is 303 Å². The van der Waals surface area contributed by atoms with E-state index in [1.807, 2.05) is 12.1 Å². The second-order valence-electron chi connectivity index (χ2n) is 24.6. The molecule has 0 saturated carbocycles. The van der Waals surface area contributed by atoms with Crippen LogP contribution >= 0.6 is 0 Å². The second-order valence-corrected chi connectivity index (χ2v) is 24.6. The number of hydrogen-bond acceptors (Lipinski definition) is 1. The van der Waals surface area contributed by atoms with Gasteiger partial charge in [0.1, 0.15) is 0 Å². The normalized spacial score (nSPS) is 12.0. The highest BCUT2D eigenvalue weighted by Gasteiger charge is 2.24. The molecule has 8 heteroatoms. The van der Waals surface area contributed by atoms with E-state index in [2.05, 4.69) is 330 Å². The van der Waals surface area contributed by atoms with Gasteiger partial charge in [-0.25, -0.2) is 4.85 Å². The Hall–Kier alpha value is -13.1. The topological polar surface area (TPSA) is 57.7 Å². The van der Waals surface area contributed by atoms with Crippen LogP contribution in [0.3, 0.4) is 0 Å². The number of para-hydroxylation sites is 8. The molecular weight excluding hydrogens is 1150 g/mol. The number of aromatic nitrogens is 6. The van der Waals surface area contributed by atoms with E-state index in [4.69, 9.17) is 6.57 Å². The summed E-state index contributed by atoms with van der Waals surface area (Å²) in [4.78, 5) is 4.27. The van der Waals surface area contributed by atoms with Crippen LogP contribution in [0.25, 0.3) is 181 Å². The first kappa shape index (κ1) is 51.7. The molecular formula is C86H50N8. The first-order valence-corrected chi connectivity index (χ1v) is 31.7. The smallest absolute Gasteiger partial charge is 0.195 e. The first-order valence-electron chi connectivity index (χ1n) is 31.7. The summed E-state index contributed by atoms with van der Waals surface area (Å²) in [5.74, 6) is 0. The third kappa shape index (κ3) is 7.25. The van der Waals surface area contributed by atoms with E-state index in [1.54, 1.807) is 0 Å². The maximum atomic E-state index is 11.4. The molecule has 0 unspecified atom stereocenters. The molecule has 94 heavy (non-hydrogen) atoms. The Morgan fingerprint density at radius 3 is 0.702 bits per heavy atom. The molecule has 434 valence electrons. The molecule has 6 heterocycles. The summed E-state index contributed by atoms with van der Waals surface area (Å²) in [6.07, 6.45) is 0. The number of nitriles is 1. The Kier molecular flexibility index (Phi) is 10.8. The lowest BCUT2D eigenvalue weighted by Gasteiger charge is -2.16. The van der Waals surface area contributed by atoms with Gasteiger partial charge in [0.15, 0.2) is 5.69 Å². The van der Waals surface area contributed by atoms with Crippen LogP contribution in [0.2, 0.25) is 0 Å². The minimum atomic E-state index is 0.444. The van der Waals surface area contributed by atoms with Gasteiger partial charge in [-0.3, -0.25) is 0 Å². The molecule has 0 amide bonds. The minimum Gasteiger partial charge on any atom is -0.309 e. The van der Waals surface area contributed by atoms with Gasteiger partial charge >= 0.3 is 0 Å². The van der Waals surface area contributed by atoms with Crippen molar-refractivity contribution < 1.29 is 0 Å². The lowest BCUT2D eigenvalue weighted by Crippen LogP contribution is -2.00. The van der Waals surface area contributed by atoms with Crippen LogP contribution < -0.4 is 0 Å². The van der Waals surface area contributed by atoms with Gasteiger partial charge in [0.2, 0.25) is 0 Å². The molecule has 0 aliphatic carbocycles. The summed E-state index contributed by atoms with van der Waals surface area (Å²) >= 11 is 0. The van der Waals surface area contributed by atoms with Crippen LogP contribution in [-0.2, 0) is 0 Å². The quantitative estimate of drug-likeness (QED) is 0.147. The van der Waals surface area contributed by atoms with E-state index in [9.17, 15) is 5.26 Å². The maximum absolute atomic E-state index is 11.4. The third-order valence-electron chi connectivity index (χ3n) is 19.9. The van der Waals surface area contributed by atoms with Crippen molar-refractivity contribution in [2.24, 2.45) is 0 Å². The Morgan fingerprint density at radius 2 is 0.436 bits per heavy atom. The lowest BCUT2D eigenvalue weighted by molar-refractivity contribution is 1.14. The Labute approximate surface area is 537 Å². The molecule has 0 atom stereocenters. The zero-order valence-corrected chi connectivity index (χ0v) is 50.4. The summed E-state index contributed by atoms with van der Waals surface area (Å²) in [5, 5.41) is 25.3. The van der Waals surface area contributed by atoms with E-state index in [1.165, 1.54) is 43.1 Å². The molecule has 8 nitrogen and oxygen atoms in total. The molecule has 0 spiro atoms. The number of rotatable bonds is 7. The molecule has 0 saturated heterocycles. The predicted molar refractivity (Wildman–Crippen MR) is 389 cm³/mol. The highest BCUT2D eigenvalue weighted by atomic mass is 15.0. The van der Waals surface area contributed by atoms with Gasteiger partial charge in [0, 0.05) is 98.8 Å². The summed E-state index contributed by atoms with van der Waals surface area (Å²) in [6.45, 7) is 8.89. The molecule has 6 aromatic heterocycles. The van der Waals surface area contributed by atoms with Crippen molar-refractivity contribution in [3.8, 4) is 51.3 Å². The van der Waals surface area contributed by atoms with Crippen LogP contribution in [0.5, 0.6) is 0 Å². The minimum absolute atomic E-state index is 0.444. The molecule has 0 radical (unpaired) electrons. The fraction of sp³-hybridized carbons (Fsp3) is 0. The zero-order chi connectivity index (χ0) is 61.9.